The molecule has 2 rings (SSSR count). The number of hydrogen-bond donors (Lipinski definition) is 2. The Morgan fingerprint density at radius 2 is 1.94 bits per heavy atom. The molecule has 2 aromatic rings. The Kier molecular flexibility index (Phi) is 2.93. The number of aromatic amines is 1. The van der Waals surface area contributed by atoms with E-state index in [-0.39, 0.29) is 5.69 Å². The smallest absolute Gasteiger partial charge is 0.280 e. The van der Waals surface area contributed by atoms with Gasteiger partial charge in [-0.3, -0.25) is 9.59 Å². The average molecular weight is 250 g/mol. The molecule has 0 aliphatic rings. The minimum atomic E-state index is -0.853. The molecule has 6 heteroatoms. The fourth-order valence-electron chi connectivity index (χ4n) is 1.35. The van der Waals surface area contributed by atoms with Crippen LogP contribution in [-0.4, -0.2) is 15.9 Å². The number of H-pyrrole nitrogens is 1. The molecule has 0 spiro atoms. The molecule has 0 unspecified atom stereocenters. The van der Waals surface area contributed by atoms with Gasteiger partial charge in [-0.15, -0.1) is 0 Å². The van der Waals surface area contributed by atoms with Crippen molar-refractivity contribution in [3.63, 3.8) is 0 Å². The summed E-state index contributed by atoms with van der Waals surface area (Å²) in [5, 5.41) is 0.595. The van der Waals surface area contributed by atoms with E-state index in [2.05, 4.69) is 9.97 Å². The molecule has 1 aromatic carbocycles. The van der Waals surface area contributed by atoms with Gasteiger partial charge < -0.3 is 10.7 Å². The van der Waals surface area contributed by atoms with Gasteiger partial charge in [0.15, 0.2) is 5.69 Å². The first kappa shape index (κ1) is 11.3. The van der Waals surface area contributed by atoms with E-state index < -0.39 is 11.5 Å². The van der Waals surface area contributed by atoms with Gasteiger partial charge in [-0.1, -0.05) is 23.7 Å². The van der Waals surface area contributed by atoms with Crippen molar-refractivity contribution in [3.05, 3.63) is 51.5 Å². The topological polar surface area (TPSA) is 88.8 Å². The highest BCUT2D eigenvalue weighted by Gasteiger charge is 2.09. The van der Waals surface area contributed by atoms with Crippen LogP contribution < -0.4 is 11.3 Å². The fraction of sp³-hybridized carbons (Fsp3) is 0. The predicted octanol–water partition coefficient (Wildman–Crippen LogP) is 1.19. The Hall–Kier alpha value is -2.14. The molecule has 0 radical (unpaired) electrons. The van der Waals surface area contributed by atoms with Crippen LogP contribution in [-0.2, 0) is 0 Å². The lowest BCUT2D eigenvalue weighted by molar-refractivity contribution is 0.0994. The molecule has 0 aliphatic heterocycles. The van der Waals surface area contributed by atoms with Crippen molar-refractivity contribution in [2.24, 2.45) is 5.73 Å². The molecule has 86 valence electrons. The molecule has 0 saturated heterocycles. The second kappa shape index (κ2) is 4.39. The normalized spacial score (nSPS) is 10.2. The SMILES string of the molecule is NC(=O)c1ncc(-c2ccc(Cl)cc2)[nH]c1=O. The lowest BCUT2D eigenvalue weighted by Gasteiger charge is -2.01. The number of halogens is 1. The predicted molar refractivity (Wildman–Crippen MR) is 63.8 cm³/mol. The van der Waals surface area contributed by atoms with Crippen molar-refractivity contribution in [3.8, 4) is 11.3 Å². The van der Waals surface area contributed by atoms with Gasteiger partial charge in [0.2, 0.25) is 0 Å². The van der Waals surface area contributed by atoms with Crippen LogP contribution in [0.3, 0.4) is 0 Å². The molecule has 17 heavy (non-hydrogen) atoms. The number of benzene rings is 1. The summed E-state index contributed by atoms with van der Waals surface area (Å²) < 4.78 is 0. The zero-order valence-electron chi connectivity index (χ0n) is 8.61. The van der Waals surface area contributed by atoms with Crippen LogP contribution in [0.4, 0.5) is 0 Å². The molecular weight excluding hydrogens is 242 g/mol. The van der Waals surface area contributed by atoms with Gasteiger partial charge >= 0.3 is 0 Å². The second-order valence-electron chi connectivity index (χ2n) is 3.35. The van der Waals surface area contributed by atoms with Crippen molar-refractivity contribution < 1.29 is 4.79 Å². The minimum absolute atomic E-state index is 0.303. The number of hydrogen-bond acceptors (Lipinski definition) is 3. The number of aromatic nitrogens is 2. The molecule has 0 saturated carbocycles. The van der Waals surface area contributed by atoms with Crippen LogP contribution >= 0.6 is 11.6 Å². The van der Waals surface area contributed by atoms with E-state index in [9.17, 15) is 9.59 Å². The monoisotopic (exact) mass is 249 g/mol. The van der Waals surface area contributed by atoms with Crippen LogP contribution in [0, 0.1) is 0 Å². The van der Waals surface area contributed by atoms with E-state index >= 15 is 0 Å². The van der Waals surface area contributed by atoms with Gasteiger partial charge in [0.25, 0.3) is 11.5 Å². The Morgan fingerprint density at radius 1 is 1.29 bits per heavy atom. The molecule has 1 aromatic heterocycles. The molecule has 1 heterocycles. The molecule has 5 nitrogen and oxygen atoms in total. The maximum absolute atomic E-state index is 11.5. The highest BCUT2D eigenvalue weighted by Crippen LogP contribution is 2.17. The highest BCUT2D eigenvalue weighted by molar-refractivity contribution is 6.30. The van der Waals surface area contributed by atoms with Gasteiger partial charge in [0.05, 0.1) is 11.9 Å². The third-order valence-corrected chi connectivity index (χ3v) is 2.43. The maximum atomic E-state index is 11.5. The maximum Gasteiger partial charge on any atom is 0.280 e. The van der Waals surface area contributed by atoms with Crippen LogP contribution in [0.2, 0.25) is 5.02 Å². The molecule has 0 aliphatic carbocycles. The summed E-state index contributed by atoms with van der Waals surface area (Å²) in [6.07, 6.45) is 1.38. The highest BCUT2D eigenvalue weighted by atomic mass is 35.5. The number of nitrogens with one attached hydrogen (secondary N) is 1. The van der Waals surface area contributed by atoms with Crippen molar-refractivity contribution in [1.29, 1.82) is 0 Å². The van der Waals surface area contributed by atoms with Crippen LogP contribution in [0.15, 0.2) is 35.3 Å². The van der Waals surface area contributed by atoms with E-state index in [0.29, 0.717) is 10.7 Å². The summed E-state index contributed by atoms with van der Waals surface area (Å²) in [5.41, 5.74) is 5.32. The van der Waals surface area contributed by atoms with Crippen molar-refractivity contribution in [1.82, 2.24) is 9.97 Å². The van der Waals surface area contributed by atoms with E-state index in [1.165, 1.54) is 6.20 Å². The Labute approximate surface area is 101 Å². The minimum Gasteiger partial charge on any atom is -0.364 e. The van der Waals surface area contributed by atoms with Crippen molar-refractivity contribution >= 4 is 17.5 Å². The first-order chi connectivity index (χ1) is 8.08. The molecular formula is C11H8ClN3O2. The van der Waals surface area contributed by atoms with Crippen molar-refractivity contribution in [2.75, 3.05) is 0 Å². The first-order valence-corrected chi connectivity index (χ1v) is 5.11. The molecule has 0 atom stereocenters. The van der Waals surface area contributed by atoms with Crippen LogP contribution in [0.25, 0.3) is 11.3 Å². The Bertz CT molecular complexity index is 619. The molecule has 3 N–H and O–H groups in total. The number of carbonyl (C=O) groups excluding carboxylic acids is 1. The zero-order valence-corrected chi connectivity index (χ0v) is 9.36. The summed E-state index contributed by atoms with van der Waals surface area (Å²) in [6, 6.07) is 6.85. The van der Waals surface area contributed by atoms with E-state index in [1.807, 2.05) is 0 Å². The third kappa shape index (κ3) is 2.34. The number of nitrogens with two attached hydrogens (primary N) is 1. The summed E-state index contributed by atoms with van der Waals surface area (Å²) in [7, 11) is 0. The van der Waals surface area contributed by atoms with Gasteiger partial charge in [0.1, 0.15) is 0 Å². The molecule has 0 fully saturated rings. The molecule has 1 amide bonds. The van der Waals surface area contributed by atoms with Crippen LogP contribution in [0.1, 0.15) is 10.5 Å². The summed E-state index contributed by atoms with van der Waals surface area (Å²) in [4.78, 5) is 28.6. The lowest BCUT2D eigenvalue weighted by atomic mass is 10.1. The summed E-state index contributed by atoms with van der Waals surface area (Å²) >= 11 is 5.75. The largest absolute Gasteiger partial charge is 0.364 e. The zero-order chi connectivity index (χ0) is 12.4. The first-order valence-electron chi connectivity index (χ1n) is 4.73. The lowest BCUT2D eigenvalue weighted by Crippen LogP contribution is -2.25. The summed E-state index contributed by atoms with van der Waals surface area (Å²) in [6.45, 7) is 0. The third-order valence-electron chi connectivity index (χ3n) is 2.17. The number of nitrogens with zero attached hydrogens (tertiary/aromatic N) is 1. The number of rotatable bonds is 2. The van der Waals surface area contributed by atoms with E-state index in [4.69, 9.17) is 17.3 Å². The molecule has 0 bridgehead atoms. The van der Waals surface area contributed by atoms with Gasteiger partial charge in [-0.2, -0.15) is 0 Å². The van der Waals surface area contributed by atoms with Crippen LogP contribution in [0.5, 0.6) is 0 Å². The number of carbonyl (C=O) groups is 1. The van der Waals surface area contributed by atoms with Gasteiger partial charge in [-0.05, 0) is 17.7 Å². The Morgan fingerprint density at radius 3 is 2.47 bits per heavy atom. The van der Waals surface area contributed by atoms with Gasteiger partial charge in [0, 0.05) is 5.02 Å². The van der Waals surface area contributed by atoms with E-state index in [0.717, 1.165) is 5.56 Å². The standard InChI is InChI=1S/C11H8ClN3O2/c12-7-3-1-6(2-4-7)8-5-14-9(10(13)16)11(17)15-8/h1-5H,(H2,13,16)(H,15,17). The Balaban J connectivity index is 2.48. The van der Waals surface area contributed by atoms with E-state index in [1.54, 1.807) is 24.3 Å². The fourth-order valence-corrected chi connectivity index (χ4v) is 1.48. The van der Waals surface area contributed by atoms with Crippen molar-refractivity contribution in [2.45, 2.75) is 0 Å². The second-order valence-corrected chi connectivity index (χ2v) is 3.78. The number of amides is 1. The van der Waals surface area contributed by atoms with Gasteiger partial charge in [-0.25, -0.2) is 4.98 Å². The quantitative estimate of drug-likeness (QED) is 0.838. The summed E-state index contributed by atoms with van der Waals surface area (Å²) in [5.74, 6) is -0.853. The average Bonchev–Trinajstić information content (AvgIpc) is 2.29. The number of primary amides is 1.